The maximum absolute atomic E-state index is 12.3. The highest BCUT2D eigenvalue weighted by molar-refractivity contribution is 6.30. The minimum absolute atomic E-state index is 0.0822. The van der Waals surface area contributed by atoms with Crippen molar-refractivity contribution in [2.45, 2.75) is 26.2 Å². The molecule has 2 rings (SSSR count). The van der Waals surface area contributed by atoms with E-state index in [4.69, 9.17) is 22.5 Å². The molecule has 0 spiro atoms. The molecular formula is C15H20ClN3O2. The standard InChI is InChI=1S/C15H20ClN3O2/c1-15(14(17)18-21)5-7-19(8-6-15)13(20)10-11-3-2-4-12(16)9-11/h2-4,9,21H,5-8,10H2,1H3,(H2,17,18). The Morgan fingerprint density at radius 3 is 2.71 bits per heavy atom. The molecule has 3 N–H and O–H groups in total. The molecule has 1 saturated heterocycles. The highest BCUT2D eigenvalue weighted by Gasteiger charge is 2.35. The lowest BCUT2D eigenvalue weighted by molar-refractivity contribution is -0.132. The summed E-state index contributed by atoms with van der Waals surface area (Å²) in [6.07, 6.45) is 1.75. The lowest BCUT2D eigenvalue weighted by Gasteiger charge is -2.38. The first-order chi connectivity index (χ1) is 9.94. The minimum atomic E-state index is -0.332. The predicted molar refractivity (Wildman–Crippen MR) is 82.5 cm³/mol. The Balaban J connectivity index is 1.95. The molecule has 1 amide bonds. The molecule has 1 aromatic rings. The molecular weight excluding hydrogens is 290 g/mol. The van der Waals surface area contributed by atoms with Crippen LogP contribution in [0.15, 0.2) is 29.4 Å². The van der Waals surface area contributed by atoms with Crippen LogP contribution in [0.1, 0.15) is 25.3 Å². The summed E-state index contributed by atoms with van der Waals surface area (Å²) in [6, 6.07) is 7.34. The normalized spacial score (nSPS) is 18.6. The monoisotopic (exact) mass is 309 g/mol. The molecule has 1 aromatic carbocycles. The fraction of sp³-hybridized carbons (Fsp3) is 0.467. The molecule has 21 heavy (non-hydrogen) atoms. The van der Waals surface area contributed by atoms with Crippen molar-refractivity contribution in [2.75, 3.05) is 13.1 Å². The van der Waals surface area contributed by atoms with Gasteiger partial charge in [-0.3, -0.25) is 4.79 Å². The second kappa shape index (κ2) is 6.35. The second-order valence-electron chi connectivity index (χ2n) is 5.73. The number of nitrogens with two attached hydrogens (primary N) is 1. The zero-order valence-corrected chi connectivity index (χ0v) is 12.8. The summed E-state index contributed by atoms with van der Waals surface area (Å²) < 4.78 is 0. The third-order valence-corrected chi connectivity index (χ3v) is 4.43. The Labute approximate surface area is 129 Å². The van der Waals surface area contributed by atoms with Gasteiger partial charge in [0.15, 0.2) is 0 Å². The molecule has 0 radical (unpaired) electrons. The number of benzene rings is 1. The molecule has 5 nitrogen and oxygen atoms in total. The number of hydrogen-bond donors (Lipinski definition) is 2. The highest BCUT2D eigenvalue weighted by atomic mass is 35.5. The predicted octanol–water partition coefficient (Wildman–Crippen LogP) is 2.26. The van der Waals surface area contributed by atoms with Crippen LogP contribution in [0.3, 0.4) is 0 Å². The largest absolute Gasteiger partial charge is 0.409 e. The maximum Gasteiger partial charge on any atom is 0.226 e. The number of likely N-dealkylation sites (tertiary alicyclic amines) is 1. The van der Waals surface area contributed by atoms with E-state index in [-0.39, 0.29) is 17.2 Å². The van der Waals surface area contributed by atoms with Crippen LogP contribution in [0.25, 0.3) is 0 Å². The quantitative estimate of drug-likeness (QED) is 0.389. The number of amides is 1. The number of piperidine rings is 1. The van der Waals surface area contributed by atoms with E-state index in [2.05, 4.69) is 5.16 Å². The first-order valence-corrected chi connectivity index (χ1v) is 7.32. The SMILES string of the molecule is CC1(/C(N)=N/O)CCN(C(=O)Cc2cccc(Cl)c2)CC1. The van der Waals surface area contributed by atoms with E-state index in [0.717, 1.165) is 5.56 Å². The van der Waals surface area contributed by atoms with Crippen molar-refractivity contribution in [2.24, 2.45) is 16.3 Å². The van der Waals surface area contributed by atoms with Crippen molar-refractivity contribution < 1.29 is 10.0 Å². The zero-order chi connectivity index (χ0) is 15.5. The van der Waals surface area contributed by atoms with Gasteiger partial charge >= 0.3 is 0 Å². The summed E-state index contributed by atoms with van der Waals surface area (Å²) >= 11 is 5.93. The Kier molecular flexibility index (Phi) is 4.73. The van der Waals surface area contributed by atoms with E-state index < -0.39 is 0 Å². The second-order valence-corrected chi connectivity index (χ2v) is 6.17. The number of carbonyl (C=O) groups excluding carboxylic acids is 1. The Hall–Kier alpha value is -1.75. The van der Waals surface area contributed by atoms with E-state index in [1.54, 1.807) is 6.07 Å². The van der Waals surface area contributed by atoms with E-state index in [1.807, 2.05) is 30.0 Å². The molecule has 0 atom stereocenters. The van der Waals surface area contributed by atoms with Crippen LogP contribution < -0.4 is 5.73 Å². The van der Waals surface area contributed by atoms with E-state index >= 15 is 0 Å². The molecule has 0 saturated carbocycles. The van der Waals surface area contributed by atoms with Crippen molar-refractivity contribution in [3.8, 4) is 0 Å². The van der Waals surface area contributed by atoms with Crippen LogP contribution in [-0.2, 0) is 11.2 Å². The smallest absolute Gasteiger partial charge is 0.226 e. The van der Waals surface area contributed by atoms with E-state index in [9.17, 15) is 4.79 Å². The van der Waals surface area contributed by atoms with Crippen LogP contribution in [0.4, 0.5) is 0 Å². The number of halogens is 1. The number of oxime groups is 1. The van der Waals surface area contributed by atoms with Crippen LogP contribution in [-0.4, -0.2) is 34.9 Å². The Morgan fingerprint density at radius 1 is 1.48 bits per heavy atom. The lowest BCUT2D eigenvalue weighted by atomic mass is 9.79. The number of carbonyl (C=O) groups is 1. The van der Waals surface area contributed by atoms with Crippen molar-refractivity contribution in [1.82, 2.24) is 4.90 Å². The Morgan fingerprint density at radius 2 is 2.14 bits per heavy atom. The highest BCUT2D eigenvalue weighted by Crippen LogP contribution is 2.31. The summed E-state index contributed by atoms with van der Waals surface area (Å²) in [5.41, 5.74) is 6.31. The van der Waals surface area contributed by atoms with Gasteiger partial charge in [-0.1, -0.05) is 35.8 Å². The van der Waals surface area contributed by atoms with Crippen LogP contribution in [0, 0.1) is 5.41 Å². The van der Waals surface area contributed by atoms with Gasteiger partial charge < -0.3 is 15.8 Å². The third kappa shape index (κ3) is 3.67. The first kappa shape index (κ1) is 15.6. The summed E-state index contributed by atoms with van der Waals surface area (Å²) in [5, 5.41) is 12.6. The van der Waals surface area contributed by atoms with E-state index in [0.29, 0.717) is 37.4 Å². The number of nitrogens with zero attached hydrogens (tertiary/aromatic N) is 2. The van der Waals surface area contributed by atoms with Crippen molar-refractivity contribution >= 4 is 23.3 Å². The van der Waals surface area contributed by atoms with Gasteiger partial charge in [0.2, 0.25) is 5.91 Å². The van der Waals surface area contributed by atoms with Crippen LogP contribution in [0.2, 0.25) is 5.02 Å². The van der Waals surface area contributed by atoms with Gasteiger partial charge in [0, 0.05) is 23.5 Å². The maximum atomic E-state index is 12.3. The molecule has 0 aliphatic carbocycles. The van der Waals surface area contributed by atoms with Crippen molar-refractivity contribution in [1.29, 1.82) is 0 Å². The lowest BCUT2D eigenvalue weighted by Crippen LogP contribution is -2.47. The summed E-state index contributed by atoms with van der Waals surface area (Å²) in [4.78, 5) is 14.1. The van der Waals surface area contributed by atoms with Gasteiger partial charge in [0.25, 0.3) is 0 Å². The minimum Gasteiger partial charge on any atom is -0.409 e. The molecule has 1 fully saturated rings. The Bertz CT molecular complexity index is 552. The molecule has 0 bridgehead atoms. The topological polar surface area (TPSA) is 78.9 Å². The van der Waals surface area contributed by atoms with Gasteiger partial charge in [-0.05, 0) is 30.5 Å². The van der Waals surface area contributed by atoms with Gasteiger partial charge in [-0.15, -0.1) is 0 Å². The molecule has 0 aromatic heterocycles. The molecule has 1 aliphatic rings. The molecule has 6 heteroatoms. The fourth-order valence-corrected chi connectivity index (χ4v) is 2.77. The third-order valence-electron chi connectivity index (χ3n) is 4.19. The molecule has 0 unspecified atom stereocenters. The first-order valence-electron chi connectivity index (χ1n) is 6.95. The molecule has 1 aliphatic heterocycles. The van der Waals surface area contributed by atoms with Crippen LogP contribution in [0.5, 0.6) is 0 Å². The average molecular weight is 310 g/mol. The van der Waals surface area contributed by atoms with Gasteiger partial charge in [0.05, 0.1) is 6.42 Å². The summed E-state index contributed by atoms with van der Waals surface area (Å²) in [5.74, 6) is 0.322. The number of amidine groups is 1. The zero-order valence-electron chi connectivity index (χ0n) is 12.1. The van der Waals surface area contributed by atoms with Gasteiger partial charge in [-0.2, -0.15) is 0 Å². The number of hydrogen-bond acceptors (Lipinski definition) is 3. The summed E-state index contributed by atoms with van der Waals surface area (Å²) in [7, 11) is 0. The van der Waals surface area contributed by atoms with Gasteiger partial charge in [0.1, 0.15) is 5.84 Å². The number of rotatable bonds is 3. The fourth-order valence-electron chi connectivity index (χ4n) is 2.56. The molecule has 114 valence electrons. The van der Waals surface area contributed by atoms with Crippen molar-refractivity contribution in [3.05, 3.63) is 34.9 Å². The van der Waals surface area contributed by atoms with E-state index in [1.165, 1.54) is 0 Å². The van der Waals surface area contributed by atoms with Crippen molar-refractivity contribution in [3.63, 3.8) is 0 Å². The summed E-state index contributed by atoms with van der Waals surface area (Å²) in [6.45, 7) is 3.19. The van der Waals surface area contributed by atoms with Crippen LogP contribution >= 0.6 is 11.6 Å². The molecule has 1 heterocycles. The van der Waals surface area contributed by atoms with Gasteiger partial charge in [-0.25, -0.2) is 0 Å². The average Bonchev–Trinajstić information content (AvgIpc) is 2.47.